The van der Waals surface area contributed by atoms with E-state index < -0.39 is 0 Å². The minimum atomic E-state index is -0.328. The molecule has 3 heteroatoms. The molecule has 2 N–H and O–H groups in total. The van der Waals surface area contributed by atoms with E-state index in [-0.39, 0.29) is 11.3 Å². The Morgan fingerprint density at radius 3 is 2.24 bits per heavy atom. The molecule has 3 nitrogen and oxygen atoms in total. The van der Waals surface area contributed by atoms with Crippen molar-refractivity contribution in [1.82, 2.24) is 10.6 Å². The van der Waals surface area contributed by atoms with E-state index >= 15 is 0 Å². The molecule has 100 valence electrons. The number of carbonyl (C=O) groups is 1. The van der Waals surface area contributed by atoms with Crippen LogP contribution in [0.2, 0.25) is 0 Å². The summed E-state index contributed by atoms with van der Waals surface area (Å²) in [5.41, 5.74) is -0.328. The standard InChI is InChI=1S/C14H28N2O/c1-10-7-6-8-11(2)12(10)16-9-14(3,4)13(17)15-5/h10-12,16H,6-9H2,1-5H3,(H,15,17). The Kier molecular flexibility index (Phi) is 4.99. The van der Waals surface area contributed by atoms with Crippen molar-refractivity contribution in [2.24, 2.45) is 17.3 Å². The van der Waals surface area contributed by atoms with E-state index in [1.165, 1.54) is 19.3 Å². The van der Waals surface area contributed by atoms with Crippen molar-refractivity contribution in [2.45, 2.75) is 53.0 Å². The van der Waals surface area contributed by atoms with Crippen LogP contribution in [0.25, 0.3) is 0 Å². The molecule has 1 saturated carbocycles. The van der Waals surface area contributed by atoms with Gasteiger partial charge in [-0.3, -0.25) is 4.79 Å². The summed E-state index contributed by atoms with van der Waals surface area (Å²) in [5, 5.41) is 6.35. The second-order valence-corrected chi connectivity index (χ2v) is 6.26. The van der Waals surface area contributed by atoms with E-state index in [4.69, 9.17) is 0 Å². The second-order valence-electron chi connectivity index (χ2n) is 6.26. The molecule has 1 rings (SSSR count). The maximum atomic E-state index is 11.7. The summed E-state index contributed by atoms with van der Waals surface area (Å²) in [6.45, 7) is 9.39. The second kappa shape index (κ2) is 5.85. The molecule has 1 aliphatic carbocycles. The Balaban J connectivity index is 2.51. The summed E-state index contributed by atoms with van der Waals surface area (Å²) >= 11 is 0. The molecule has 1 fully saturated rings. The normalized spacial score (nSPS) is 30.1. The summed E-state index contributed by atoms with van der Waals surface area (Å²) in [6, 6.07) is 0.563. The van der Waals surface area contributed by atoms with Crippen LogP contribution in [0.1, 0.15) is 47.0 Å². The van der Waals surface area contributed by atoms with Crippen LogP contribution in [0.5, 0.6) is 0 Å². The Bertz CT molecular complexity index is 253. The highest BCUT2D eigenvalue weighted by atomic mass is 16.2. The fourth-order valence-electron chi connectivity index (χ4n) is 2.88. The first-order valence-electron chi connectivity index (χ1n) is 6.84. The SMILES string of the molecule is CNC(=O)C(C)(C)CNC1C(C)CCCC1C. The Morgan fingerprint density at radius 2 is 1.76 bits per heavy atom. The van der Waals surface area contributed by atoms with Crippen molar-refractivity contribution in [3.8, 4) is 0 Å². The molecule has 1 aliphatic rings. The first-order chi connectivity index (χ1) is 7.88. The van der Waals surface area contributed by atoms with Gasteiger partial charge in [0.25, 0.3) is 0 Å². The molecule has 0 saturated heterocycles. The summed E-state index contributed by atoms with van der Waals surface area (Å²) in [4.78, 5) is 11.7. The monoisotopic (exact) mass is 240 g/mol. The minimum absolute atomic E-state index is 0.112. The quantitative estimate of drug-likeness (QED) is 0.791. The van der Waals surface area contributed by atoms with Gasteiger partial charge >= 0.3 is 0 Å². The highest BCUT2D eigenvalue weighted by molar-refractivity contribution is 5.81. The smallest absolute Gasteiger partial charge is 0.226 e. The van der Waals surface area contributed by atoms with Gasteiger partial charge in [-0.05, 0) is 38.5 Å². The maximum absolute atomic E-state index is 11.7. The predicted octanol–water partition coefficient (Wildman–Crippen LogP) is 2.17. The van der Waals surface area contributed by atoms with E-state index in [0.717, 1.165) is 18.4 Å². The van der Waals surface area contributed by atoms with E-state index in [9.17, 15) is 4.79 Å². The summed E-state index contributed by atoms with van der Waals surface area (Å²) in [6.07, 6.45) is 3.96. The topological polar surface area (TPSA) is 41.1 Å². The number of hydrogen-bond donors (Lipinski definition) is 2. The molecule has 0 aromatic rings. The molecular formula is C14H28N2O. The Labute approximate surface area is 106 Å². The lowest BCUT2D eigenvalue weighted by molar-refractivity contribution is -0.128. The van der Waals surface area contributed by atoms with Crippen molar-refractivity contribution >= 4 is 5.91 Å². The van der Waals surface area contributed by atoms with Crippen LogP contribution in [-0.4, -0.2) is 25.5 Å². The molecule has 0 aromatic heterocycles. The van der Waals surface area contributed by atoms with Crippen LogP contribution >= 0.6 is 0 Å². The van der Waals surface area contributed by atoms with Crippen molar-refractivity contribution in [2.75, 3.05) is 13.6 Å². The lowest BCUT2D eigenvalue weighted by atomic mass is 9.78. The zero-order valence-corrected chi connectivity index (χ0v) is 12.0. The molecule has 0 aromatic carbocycles. The molecule has 2 atom stereocenters. The number of rotatable bonds is 4. The van der Waals surface area contributed by atoms with Gasteiger partial charge in [-0.1, -0.05) is 20.3 Å². The van der Waals surface area contributed by atoms with Crippen molar-refractivity contribution in [3.63, 3.8) is 0 Å². The molecule has 0 bridgehead atoms. The number of carbonyl (C=O) groups excluding carboxylic acids is 1. The van der Waals surface area contributed by atoms with Gasteiger partial charge in [-0.15, -0.1) is 0 Å². The molecule has 1 amide bonds. The van der Waals surface area contributed by atoms with Crippen LogP contribution < -0.4 is 10.6 Å². The first kappa shape index (κ1) is 14.5. The lowest BCUT2D eigenvalue weighted by Gasteiger charge is -2.37. The van der Waals surface area contributed by atoms with Crippen LogP contribution in [0.4, 0.5) is 0 Å². The van der Waals surface area contributed by atoms with Gasteiger partial charge in [-0.2, -0.15) is 0 Å². The summed E-state index contributed by atoms with van der Waals surface area (Å²) < 4.78 is 0. The van der Waals surface area contributed by atoms with Crippen molar-refractivity contribution in [1.29, 1.82) is 0 Å². The number of nitrogens with one attached hydrogen (secondary N) is 2. The minimum Gasteiger partial charge on any atom is -0.359 e. The van der Waals surface area contributed by atoms with Gasteiger partial charge in [-0.25, -0.2) is 0 Å². The molecule has 2 unspecified atom stereocenters. The third-order valence-electron chi connectivity index (χ3n) is 4.17. The molecule has 0 spiro atoms. The Morgan fingerprint density at radius 1 is 1.24 bits per heavy atom. The fourth-order valence-corrected chi connectivity index (χ4v) is 2.88. The highest BCUT2D eigenvalue weighted by Crippen LogP contribution is 2.29. The predicted molar refractivity (Wildman–Crippen MR) is 71.8 cm³/mol. The van der Waals surface area contributed by atoms with E-state index in [2.05, 4.69) is 24.5 Å². The van der Waals surface area contributed by atoms with Gasteiger partial charge < -0.3 is 10.6 Å². The largest absolute Gasteiger partial charge is 0.359 e. The average Bonchev–Trinajstić information content (AvgIpc) is 2.27. The molecular weight excluding hydrogens is 212 g/mol. The van der Waals surface area contributed by atoms with Gasteiger partial charge in [0, 0.05) is 19.6 Å². The molecule has 0 heterocycles. The highest BCUT2D eigenvalue weighted by Gasteiger charge is 2.31. The molecule has 0 aliphatic heterocycles. The average molecular weight is 240 g/mol. The zero-order chi connectivity index (χ0) is 13.1. The third-order valence-corrected chi connectivity index (χ3v) is 4.17. The third kappa shape index (κ3) is 3.70. The van der Waals surface area contributed by atoms with E-state index in [1.807, 2.05) is 13.8 Å². The molecule has 0 radical (unpaired) electrons. The van der Waals surface area contributed by atoms with Crippen LogP contribution in [0.15, 0.2) is 0 Å². The lowest BCUT2D eigenvalue weighted by Crippen LogP contribution is -2.49. The number of amides is 1. The summed E-state index contributed by atoms with van der Waals surface area (Å²) in [5.74, 6) is 1.56. The van der Waals surface area contributed by atoms with Gasteiger partial charge in [0.15, 0.2) is 0 Å². The fraction of sp³-hybridized carbons (Fsp3) is 0.929. The van der Waals surface area contributed by atoms with Gasteiger partial charge in [0.2, 0.25) is 5.91 Å². The molecule has 17 heavy (non-hydrogen) atoms. The van der Waals surface area contributed by atoms with Crippen LogP contribution in [0.3, 0.4) is 0 Å². The van der Waals surface area contributed by atoms with Crippen molar-refractivity contribution in [3.05, 3.63) is 0 Å². The van der Waals surface area contributed by atoms with Crippen LogP contribution in [-0.2, 0) is 4.79 Å². The Hall–Kier alpha value is -0.570. The van der Waals surface area contributed by atoms with E-state index in [0.29, 0.717) is 6.04 Å². The van der Waals surface area contributed by atoms with Crippen molar-refractivity contribution < 1.29 is 4.79 Å². The summed E-state index contributed by atoms with van der Waals surface area (Å²) in [7, 11) is 1.70. The zero-order valence-electron chi connectivity index (χ0n) is 12.0. The van der Waals surface area contributed by atoms with Crippen LogP contribution in [0, 0.1) is 17.3 Å². The maximum Gasteiger partial charge on any atom is 0.226 e. The van der Waals surface area contributed by atoms with E-state index in [1.54, 1.807) is 7.05 Å². The number of hydrogen-bond acceptors (Lipinski definition) is 2. The van der Waals surface area contributed by atoms with Gasteiger partial charge in [0.05, 0.1) is 5.41 Å². The van der Waals surface area contributed by atoms with Gasteiger partial charge in [0.1, 0.15) is 0 Å². The first-order valence-corrected chi connectivity index (χ1v) is 6.84.